The first-order chi connectivity index (χ1) is 17.4. The van der Waals surface area contributed by atoms with E-state index in [0.717, 1.165) is 28.6 Å². The number of alkyl halides is 3. The highest BCUT2D eigenvalue weighted by molar-refractivity contribution is 6.32. The molecule has 0 atom stereocenters. The van der Waals surface area contributed by atoms with E-state index in [1.807, 2.05) is 12.1 Å². The normalized spacial score (nSPS) is 11.6. The topological polar surface area (TPSA) is 86.2 Å². The first kappa shape index (κ1) is 25.6. The highest BCUT2D eigenvalue weighted by Gasteiger charge is 2.32. The van der Waals surface area contributed by atoms with Gasteiger partial charge in [-0.05, 0) is 36.7 Å². The van der Waals surface area contributed by atoms with E-state index >= 15 is 0 Å². The van der Waals surface area contributed by atoms with Gasteiger partial charge < -0.3 is 19.5 Å². The van der Waals surface area contributed by atoms with Gasteiger partial charge in [0, 0.05) is 38.4 Å². The molecular formula is C24H23ClF3N5O3. The summed E-state index contributed by atoms with van der Waals surface area (Å²) in [6, 6.07) is 8.03. The summed E-state index contributed by atoms with van der Waals surface area (Å²) in [4.78, 5) is 3.90. The molecule has 0 radical (unpaired) electrons. The number of H-pyrrole nitrogens is 1. The number of aromatic amines is 1. The van der Waals surface area contributed by atoms with Gasteiger partial charge in [0.25, 0.3) is 0 Å². The Balaban J connectivity index is 1.10. The summed E-state index contributed by atoms with van der Waals surface area (Å²) in [5.74, 6) is 0.295. The van der Waals surface area contributed by atoms with Crippen LogP contribution in [0.3, 0.4) is 0 Å². The van der Waals surface area contributed by atoms with Crippen LogP contribution in [-0.2, 0) is 11.3 Å². The van der Waals surface area contributed by atoms with Crippen molar-refractivity contribution < 1.29 is 27.4 Å². The van der Waals surface area contributed by atoms with Gasteiger partial charge in [0.2, 0.25) is 0 Å². The fourth-order valence-corrected chi connectivity index (χ4v) is 3.67. The van der Waals surface area contributed by atoms with Crippen molar-refractivity contribution in [2.45, 2.75) is 25.7 Å². The average Bonchev–Trinajstić information content (AvgIpc) is 3.53. The average molecular weight is 522 g/mol. The van der Waals surface area contributed by atoms with E-state index in [9.17, 15) is 13.2 Å². The third-order valence-electron chi connectivity index (χ3n) is 5.08. The van der Waals surface area contributed by atoms with Crippen molar-refractivity contribution in [3.05, 3.63) is 65.8 Å². The number of fused-ring (bicyclic) bond motifs is 1. The highest BCUT2D eigenvalue weighted by atomic mass is 35.5. The number of hydrogen-bond acceptors (Lipinski definition) is 6. The van der Waals surface area contributed by atoms with Gasteiger partial charge in [0.05, 0.1) is 40.6 Å². The van der Waals surface area contributed by atoms with Gasteiger partial charge >= 0.3 is 6.36 Å². The third-order valence-corrected chi connectivity index (χ3v) is 5.37. The van der Waals surface area contributed by atoms with Crippen molar-refractivity contribution in [3.63, 3.8) is 0 Å². The molecule has 0 unspecified atom stereocenters. The zero-order chi connectivity index (χ0) is 25.4. The maximum Gasteiger partial charge on any atom is 0.573 e. The van der Waals surface area contributed by atoms with E-state index in [-0.39, 0.29) is 5.02 Å². The fraction of sp³-hybridized carbons (Fsp3) is 0.333. The summed E-state index contributed by atoms with van der Waals surface area (Å²) >= 11 is 5.86. The maximum absolute atomic E-state index is 12.3. The maximum atomic E-state index is 12.3. The Bertz CT molecular complexity index is 1250. The van der Waals surface area contributed by atoms with Gasteiger partial charge in [-0.15, -0.1) is 13.2 Å². The van der Waals surface area contributed by atoms with Crippen LogP contribution >= 0.6 is 11.6 Å². The summed E-state index contributed by atoms with van der Waals surface area (Å²) in [5.41, 5.74) is 2.45. The minimum absolute atomic E-state index is 0.0871. The Kier molecular flexibility index (Phi) is 8.53. The number of ether oxygens (including phenoxy) is 3. The fourth-order valence-electron chi connectivity index (χ4n) is 3.43. The summed E-state index contributed by atoms with van der Waals surface area (Å²) in [7, 11) is 0. The molecule has 8 nitrogen and oxygen atoms in total. The molecule has 0 bridgehead atoms. The van der Waals surface area contributed by atoms with Crippen LogP contribution in [-0.4, -0.2) is 52.5 Å². The molecule has 2 aromatic heterocycles. The standard InChI is InChI=1S/C24H23ClF3N5O3/c25-20-11-17(3-4-22(20)36-24(26,27)28)14-29-5-1-8-34-9-2-10-35-23-13-18(33-7-6-30-16-33)12-21-19(23)15-31-32-21/h3-4,11-13,15-16,29H,1-2,5,8-10,14H2,(H,31,32). The van der Waals surface area contributed by atoms with Crippen LogP contribution in [0.1, 0.15) is 18.4 Å². The summed E-state index contributed by atoms with van der Waals surface area (Å²) in [5, 5.41) is 11.0. The van der Waals surface area contributed by atoms with E-state index in [2.05, 4.69) is 37.6 Å². The van der Waals surface area contributed by atoms with Crippen molar-refractivity contribution in [1.82, 2.24) is 25.1 Å². The van der Waals surface area contributed by atoms with Crippen molar-refractivity contribution in [3.8, 4) is 17.2 Å². The van der Waals surface area contributed by atoms with Crippen LogP contribution in [0.25, 0.3) is 16.6 Å². The first-order valence-electron chi connectivity index (χ1n) is 11.1. The van der Waals surface area contributed by atoms with Crippen molar-refractivity contribution >= 4 is 22.5 Å². The van der Waals surface area contributed by atoms with Crippen molar-refractivity contribution in [2.75, 3.05) is 26.4 Å². The molecule has 0 saturated heterocycles. The lowest BCUT2D eigenvalue weighted by Crippen LogP contribution is -2.18. The number of rotatable bonds is 13. The van der Waals surface area contributed by atoms with Crippen molar-refractivity contribution in [2.24, 2.45) is 0 Å². The van der Waals surface area contributed by atoms with Crippen LogP contribution in [0.15, 0.2) is 42.9 Å². The molecule has 190 valence electrons. The molecule has 2 heterocycles. The largest absolute Gasteiger partial charge is 0.573 e. The number of nitrogens with zero attached hydrogens (tertiary/aromatic N) is 3. The number of benzene rings is 2. The number of nitrogens with one attached hydrogen (secondary N) is 2. The summed E-state index contributed by atoms with van der Waals surface area (Å²) in [6.45, 7) is 2.75. The second kappa shape index (κ2) is 12.0. The number of hydrogen-bond donors (Lipinski definition) is 2. The first-order valence-corrected chi connectivity index (χ1v) is 11.5. The van der Waals surface area contributed by atoms with Gasteiger partial charge in [0.1, 0.15) is 17.8 Å². The zero-order valence-electron chi connectivity index (χ0n) is 19.1. The molecule has 0 spiro atoms. The lowest BCUT2D eigenvalue weighted by molar-refractivity contribution is -0.274. The highest BCUT2D eigenvalue weighted by Crippen LogP contribution is 2.31. The van der Waals surface area contributed by atoms with Crippen molar-refractivity contribution in [1.29, 1.82) is 0 Å². The number of halogens is 4. The predicted octanol–water partition coefficient (Wildman–Crippen LogP) is 4.87. The molecule has 0 aliphatic heterocycles. The summed E-state index contributed by atoms with van der Waals surface area (Å²) in [6.07, 6.45) is 5.59. The summed E-state index contributed by atoms with van der Waals surface area (Å²) < 4.78 is 54.1. The van der Waals surface area contributed by atoms with Crippen LogP contribution in [0.5, 0.6) is 11.5 Å². The molecule has 4 rings (SSSR count). The van der Waals surface area contributed by atoms with Crippen LogP contribution in [0, 0.1) is 12.4 Å². The molecule has 4 aromatic rings. The van der Waals surface area contributed by atoms with Gasteiger partial charge in [0.15, 0.2) is 0 Å². The van der Waals surface area contributed by atoms with E-state index < -0.39 is 12.1 Å². The molecule has 0 saturated carbocycles. The van der Waals surface area contributed by atoms with Crippen LogP contribution in [0.2, 0.25) is 5.02 Å². The number of aromatic nitrogens is 4. The second-order valence-electron chi connectivity index (χ2n) is 7.77. The lowest BCUT2D eigenvalue weighted by atomic mass is 10.2. The lowest BCUT2D eigenvalue weighted by Gasteiger charge is -2.12. The van der Waals surface area contributed by atoms with E-state index in [0.29, 0.717) is 45.1 Å². The van der Waals surface area contributed by atoms with Gasteiger partial charge in [-0.1, -0.05) is 17.7 Å². The van der Waals surface area contributed by atoms with Gasteiger partial charge in [-0.3, -0.25) is 9.67 Å². The zero-order valence-corrected chi connectivity index (χ0v) is 19.8. The minimum atomic E-state index is -4.77. The Morgan fingerprint density at radius 2 is 1.94 bits per heavy atom. The molecule has 0 aliphatic rings. The molecule has 0 amide bonds. The minimum Gasteiger partial charge on any atom is -0.493 e. The monoisotopic (exact) mass is 521 g/mol. The molecule has 0 fully saturated rings. The third kappa shape index (κ3) is 7.27. The Labute approximate surface area is 210 Å². The molecular weight excluding hydrogens is 499 g/mol. The molecule has 2 aromatic carbocycles. The molecule has 36 heavy (non-hydrogen) atoms. The predicted molar refractivity (Wildman–Crippen MR) is 126 cm³/mol. The van der Waals surface area contributed by atoms with Gasteiger partial charge in [-0.2, -0.15) is 10.1 Å². The van der Waals surface area contributed by atoms with Crippen LogP contribution < -0.4 is 14.8 Å². The second-order valence-corrected chi connectivity index (χ2v) is 8.18. The molecule has 2 N–H and O–H groups in total. The van der Waals surface area contributed by atoms with E-state index in [1.165, 1.54) is 18.2 Å². The Morgan fingerprint density at radius 1 is 1.08 bits per heavy atom. The quantitative estimate of drug-likeness (QED) is 0.244. The van der Waals surface area contributed by atoms with Gasteiger partial charge in [-0.25, -0.2) is 0 Å². The smallest absolute Gasteiger partial charge is 0.493 e. The Hall–Kier alpha value is -3.46. The SMILES string of the molecule is FC(F)(F)Oc1ccc(CNCCCOCCCOc2cc(-n3c#cnc3)cc3[nH]ncc23)cc1Cl. The van der Waals surface area contributed by atoms with E-state index in [1.54, 1.807) is 17.1 Å². The molecule has 12 heteroatoms. The Morgan fingerprint density at radius 3 is 2.72 bits per heavy atom. The van der Waals surface area contributed by atoms with Crippen LogP contribution in [0.4, 0.5) is 13.2 Å². The van der Waals surface area contributed by atoms with E-state index in [4.69, 9.17) is 21.1 Å². The molecule has 0 aliphatic carbocycles.